The Kier molecular flexibility index (Phi) is 6.77. The first-order valence-electron chi connectivity index (χ1n) is 10.7. The van der Waals surface area contributed by atoms with E-state index in [1.807, 2.05) is 55.5 Å². The minimum Gasteiger partial charge on any atom is -0.497 e. The molecule has 0 atom stereocenters. The van der Waals surface area contributed by atoms with Crippen molar-refractivity contribution in [2.45, 2.75) is 13.5 Å². The van der Waals surface area contributed by atoms with Gasteiger partial charge in [-0.1, -0.05) is 42.0 Å². The maximum Gasteiger partial charge on any atom is 0.281 e. The van der Waals surface area contributed by atoms with Gasteiger partial charge in [-0.3, -0.25) is 4.79 Å². The molecule has 3 aromatic carbocycles. The highest BCUT2D eigenvalue weighted by atomic mass is 16.5. The lowest BCUT2D eigenvalue weighted by Gasteiger charge is -2.10. The number of carbonyl (C=O) groups is 1. The summed E-state index contributed by atoms with van der Waals surface area (Å²) in [4.78, 5) is 18.1. The largest absolute Gasteiger partial charge is 0.497 e. The van der Waals surface area contributed by atoms with Crippen molar-refractivity contribution in [3.63, 3.8) is 0 Å². The maximum atomic E-state index is 13.4. The summed E-state index contributed by atoms with van der Waals surface area (Å²) >= 11 is 0. The average molecular weight is 459 g/mol. The number of anilines is 1. The number of methoxy groups -OCH3 is 3. The van der Waals surface area contributed by atoms with Crippen molar-refractivity contribution < 1.29 is 19.0 Å². The van der Waals surface area contributed by atoms with Crippen LogP contribution < -0.4 is 19.5 Å². The Bertz CT molecular complexity index is 1280. The number of hydrogen-bond acceptors (Lipinski definition) is 7. The molecule has 8 heteroatoms. The van der Waals surface area contributed by atoms with Crippen LogP contribution in [0, 0.1) is 6.92 Å². The minimum absolute atomic E-state index is 0.339. The molecule has 0 aliphatic heterocycles. The van der Waals surface area contributed by atoms with E-state index >= 15 is 0 Å². The van der Waals surface area contributed by atoms with Crippen LogP contribution in [-0.2, 0) is 6.54 Å². The van der Waals surface area contributed by atoms with Crippen molar-refractivity contribution in [2.75, 3.05) is 26.6 Å². The molecule has 1 aromatic heterocycles. The summed E-state index contributed by atoms with van der Waals surface area (Å²) in [5.74, 6) is 2.22. The van der Waals surface area contributed by atoms with Crippen LogP contribution >= 0.6 is 0 Å². The third-order valence-corrected chi connectivity index (χ3v) is 5.35. The predicted octanol–water partition coefficient (Wildman–Crippen LogP) is 4.58. The van der Waals surface area contributed by atoms with Crippen LogP contribution in [0.2, 0.25) is 0 Å². The zero-order valence-electron chi connectivity index (χ0n) is 19.5. The fourth-order valence-corrected chi connectivity index (χ4v) is 3.41. The highest BCUT2D eigenvalue weighted by molar-refractivity contribution is 5.97. The molecule has 0 fully saturated rings. The van der Waals surface area contributed by atoms with Crippen molar-refractivity contribution in [1.29, 1.82) is 0 Å². The van der Waals surface area contributed by atoms with E-state index in [-0.39, 0.29) is 5.91 Å². The highest BCUT2D eigenvalue weighted by Crippen LogP contribution is 2.28. The van der Waals surface area contributed by atoms with Crippen LogP contribution in [-0.4, -0.2) is 42.0 Å². The number of carbonyl (C=O) groups excluding carboxylic acids is 1. The van der Waals surface area contributed by atoms with Gasteiger partial charge < -0.3 is 19.5 Å². The predicted molar refractivity (Wildman–Crippen MR) is 130 cm³/mol. The van der Waals surface area contributed by atoms with E-state index in [1.165, 1.54) is 11.8 Å². The molecule has 1 heterocycles. The lowest BCUT2D eigenvalue weighted by molar-refractivity contribution is 0.0947. The van der Waals surface area contributed by atoms with E-state index in [1.54, 1.807) is 32.4 Å². The topological polar surface area (TPSA) is 87.5 Å². The first kappa shape index (κ1) is 22.8. The Morgan fingerprint density at radius 3 is 2.24 bits per heavy atom. The lowest BCUT2D eigenvalue weighted by atomic mass is 10.1. The van der Waals surface area contributed by atoms with Gasteiger partial charge in [0, 0.05) is 17.7 Å². The van der Waals surface area contributed by atoms with Gasteiger partial charge in [0.15, 0.2) is 17.3 Å². The molecule has 1 N–H and O–H groups in total. The van der Waals surface area contributed by atoms with E-state index in [0.29, 0.717) is 35.4 Å². The molecule has 0 saturated carbocycles. The number of ether oxygens (including phenoxy) is 3. The summed E-state index contributed by atoms with van der Waals surface area (Å²) in [6.07, 6.45) is 0. The van der Waals surface area contributed by atoms with Gasteiger partial charge in [-0.2, -0.15) is 9.67 Å². The Morgan fingerprint density at radius 1 is 0.882 bits per heavy atom. The first-order chi connectivity index (χ1) is 16.5. The molecule has 0 radical (unpaired) electrons. The van der Waals surface area contributed by atoms with Gasteiger partial charge in [0.1, 0.15) is 5.75 Å². The number of benzene rings is 3. The van der Waals surface area contributed by atoms with Crippen molar-refractivity contribution in [3.05, 3.63) is 83.4 Å². The van der Waals surface area contributed by atoms with Crippen LogP contribution in [0.15, 0.2) is 66.7 Å². The second-order valence-corrected chi connectivity index (χ2v) is 7.61. The molecule has 174 valence electrons. The van der Waals surface area contributed by atoms with E-state index in [0.717, 1.165) is 22.4 Å². The van der Waals surface area contributed by atoms with Gasteiger partial charge in [-0.15, -0.1) is 5.10 Å². The molecular weight excluding hydrogens is 432 g/mol. The first-order valence-corrected chi connectivity index (χ1v) is 10.7. The van der Waals surface area contributed by atoms with Crippen molar-refractivity contribution in [3.8, 4) is 28.6 Å². The Balaban J connectivity index is 1.68. The molecule has 4 rings (SSSR count). The van der Waals surface area contributed by atoms with Crippen LogP contribution in [0.5, 0.6) is 17.2 Å². The van der Waals surface area contributed by atoms with E-state index in [4.69, 9.17) is 14.2 Å². The fraction of sp³-hybridized carbons (Fsp3) is 0.192. The lowest BCUT2D eigenvalue weighted by Crippen LogP contribution is -2.17. The summed E-state index contributed by atoms with van der Waals surface area (Å²) in [5, 5.41) is 7.77. The third kappa shape index (κ3) is 4.85. The molecule has 0 aliphatic rings. The van der Waals surface area contributed by atoms with Gasteiger partial charge in [0.25, 0.3) is 5.91 Å². The Labute approximate surface area is 198 Å². The smallest absolute Gasteiger partial charge is 0.281 e. The number of nitrogens with zero attached hydrogens (tertiary/aromatic N) is 3. The van der Waals surface area contributed by atoms with Gasteiger partial charge in [0.2, 0.25) is 5.95 Å². The minimum atomic E-state index is -0.343. The second kappa shape index (κ2) is 10.1. The number of rotatable bonds is 8. The molecule has 0 bridgehead atoms. The van der Waals surface area contributed by atoms with Crippen LogP contribution in [0.1, 0.15) is 21.5 Å². The van der Waals surface area contributed by atoms with Gasteiger partial charge >= 0.3 is 0 Å². The summed E-state index contributed by atoms with van der Waals surface area (Å²) in [6, 6.07) is 20.5. The molecule has 0 saturated heterocycles. The van der Waals surface area contributed by atoms with Gasteiger partial charge in [-0.25, -0.2) is 0 Å². The van der Waals surface area contributed by atoms with Gasteiger partial charge in [0.05, 0.1) is 21.3 Å². The number of aryl methyl sites for hydroxylation is 1. The normalized spacial score (nSPS) is 10.6. The molecule has 0 spiro atoms. The monoisotopic (exact) mass is 458 g/mol. The van der Waals surface area contributed by atoms with Crippen molar-refractivity contribution >= 4 is 11.9 Å². The average Bonchev–Trinajstić information content (AvgIpc) is 3.31. The summed E-state index contributed by atoms with van der Waals surface area (Å²) in [7, 11) is 4.70. The maximum absolute atomic E-state index is 13.4. The number of aromatic nitrogens is 3. The Morgan fingerprint density at radius 2 is 1.59 bits per heavy atom. The molecule has 0 aliphatic carbocycles. The van der Waals surface area contributed by atoms with Crippen molar-refractivity contribution in [1.82, 2.24) is 14.8 Å². The van der Waals surface area contributed by atoms with Crippen LogP contribution in [0.4, 0.5) is 5.95 Å². The zero-order valence-corrected chi connectivity index (χ0v) is 19.5. The Hall–Kier alpha value is -4.33. The zero-order chi connectivity index (χ0) is 24.1. The van der Waals surface area contributed by atoms with E-state index in [9.17, 15) is 4.79 Å². The summed E-state index contributed by atoms with van der Waals surface area (Å²) in [6.45, 7) is 2.47. The molecule has 0 amide bonds. The highest BCUT2D eigenvalue weighted by Gasteiger charge is 2.20. The van der Waals surface area contributed by atoms with Crippen molar-refractivity contribution in [2.24, 2.45) is 0 Å². The molecule has 4 aromatic rings. The van der Waals surface area contributed by atoms with Crippen LogP contribution in [0.3, 0.4) is 0 Å². The van der Waals surface area contributed by atoms with E-state index in [2.05, 4.69) is 15.4 Å². The molecule has 34 heavy (non-hydrogen) atoms. The molecule has 0 unspecified atom stereocenters. The summed E-state index contributed by atoms with van der Waals surface area (Å²) < 4.78 is 17.1. The molecule has 8 nitrogen and oxygen atoms in total. The summed E-state index contributed by atoms with van der Waals surface area (Å²) in [5.41, 5.74) is 3.34. The molecular formula is C26H26N4O4. The fourth-order valence-electron chi connectivity index (χ4n) is 3.41. The van der Waals surface area contributed by atoms with Gasteiger partial charge in [-0.05, 0) is 42.8 Å². The van der Waals surface area contributed by atoms with E-state index < -0.39 is 0 Å². The quantitative estimate of drug-likeness (QED) is 0.413. The number of nitrogens with one attached hydrogen (secondary N) is 1. The second-order valence-electron chi connectivity index (χ2n) is 7.61. The van der Waals surface area contributed by atoms with Crippen LogP contribution in [0.25, 0.3) is 11.4 Å². The SMILES string of the molecule is COc1ccc(CNc2nc(-c3ccc(C)cc3)nn2C(=O)c2ccc(OC)c(OC)c2)cc1. The standard InChI is InChI=1S/C26H26N4O4/c1-17-5-9-19(10-6-17)24-28-26(27-16-18-7-12-21(32-2)13-8-18)30(29-24)25(31)20-11-14-22(33-3)23(15-20)34-4/h5-15H,16H2,1-4H3,(H,27,28,29). The third-order valence-electron chi connectivity index (χ3n) is 5.35. The number of hydrogen-bond donors (Lipinski definition) is 1.